The molecule has 16 heavy (non-hydrogen) atoms. The summed E-state index contributed by atoms with van der Waals surface area (Å²) >= 11 is 4.30. The second-order valence-corrected chi connectivity index (χ2v) is 4.77. The third-order valence-corrected chi connectivity index (χ3v) is 3.63. The number of alkyl halides is 3. The van der Waals surface area contributed by atoms with E-state index in [0.29, 0.717) is 9.35 Å². The molecule has 0 aliphatic carbocycles. The van der Waals surface area contributed by atoms with E-state index in [0.717, 1.165) is 11.3 Å². The maximum atomic E-state index is 12.0. The average Bonchev–Trinajstić information content (AvgIpc) is 2.50. The number of amides is 1. The van der Waals surface area contributed by atoms with E-state index in [1.165, 1.54) is 0 Å². The minimum atomic E-state index is -4.38. The van der Waals surface area contributed by atoms with Gasteiger partial charge < -0.3 is 5.73 Å². The summed E-state index contributed by atoms with van der Waals surface area (Å²) in [7, 11) is 0. The predicted molar refractivity (Wildman–Crippen MR) is 58.0 cm³/mol. The number of hydrogen-bond donors (Lipinski definition) is 2. The van der Waals surface area contributed by atoms with Gasteiger partial charge in [0, 0.05) is 9.35 Å². The molecule has 0 radical (unpaired) electrons. The zero-order valence-electron chi connectivity index (χ0n) is 7.84. The summed E-state index contributed by atoms with van der Waals surface area (Å²) in [6.07, 6.45) is -4.38. The highest BCUT2D eigenvalue weighted by Crippen LogP contribution is 2.29. The number of rotatable bonds is 4. The Kier molecular flexibility index (Phi) is 4.34. The number of nitrogens with one attached hydrogen (secondary N) is 1. The summed E-state index contributed by atoms with van der Waals surface area (Å²) < 4.78 is 36.6. The van der Waals surface area contributed by atoms with Crippen molar-refractivity contribution in [3.8, 4) is 0 Å². The van der Waals surface area contributed by atoms with Crippen LogP contribution in [0.15, 0.2) is 15.9 Å². The second kappa shape index (κ2) is 5.15. The Bertz CT molecular complexity index is 380. The molecule has 1 unspecified atom stereocenters. The number of halogens is 4. The van der Waals surface area contributed by atoms with Crippen LogP contribution in [0.1, 0.15) is 10.9 Å². The Morgan fingerprint density at radius 1 is 1.62 bits per heavy atom. The fourth-order valence-electron chi connectivity index (χ4n) is 1.05. The fourth-order valence-corrected chi connectivity index (χ4v) is 2.74. The van der Waals surface area contributed by atoms with Gasteiger partial charge in [-0.1, -0.05) is 0 Å². The van der Waals surface area contributed by atoms with Crippen molar-refractivity contribution in [3.63, 3.8) is 0 Å². The van der Waals surface area contributed by atoms with Crippen molar-refractivity contribution in [3.05, 3.63) is 20.8 Å². The van der Waals surface area contributed by atoms with Crippen LogP contribution >= 0.6 is 27.3 Å². The Balaban J connectivity index is 2.78. The van der Waals surface area contributed by atoms with Gasteiger partial charge in [-0.05, 0) is 27.4 Å². The third kappa shape index (κ3) is 3.76. The molecule has 8 heteroatoms. The topological polar surface area (TPSA) is 55.1 Å². The van der Waals surface area contributed by atoms with Crippen molar-refractivity contribution in [1.82, 2.24) is 5.32 Å². The number of carbonyl (C=O) groups is 1. The van der Waals surface area contributed by atoms with Crippen LogP contribution in [0.3, 0.4) is 0 Å². The van der Waals surface area contributed by atoms with E-state index in [1.54, 1.807) is 11.4 Å². The molecular formula is C8H8BrF3N2OS. The molecule has 0 bridgehead atoms. The lowest BCUT2D eigenvalue weighted by molar-refractivity contribution is -0.130. The van der Waals surface area contributed by atoms with Crippen LogP contribution in [0, 0.1) is 0 Å². The molecule has 1 atom stereocenters. The standard InChI is InChI=1S/C8H8BrF3N2OS/c9-4-1-2-16-6(4)5(7(13)15)14-3-8(10,11)12/h1-2,5,14H,3H2,(H2,13,15). The molecule has 0 aromatic carbocycles. The van der Waals surface area contributed by atoms with Crippen molar-refractivity contribution in [2.75, 3.05) is 6.54 Å². The quantitative estimate of drug-likeness (QED) is 0.894. The molecule has 1 aromatic heterocycles. The lowest BCUT2D eigenvalue weighted by Crippen LogP contribution is -2.38. The zero-order valence-corrected chi connectivity index (χ0v) is 10.2. The number of nitrogens with two attached hydrogens (primary N) is 1. The normalized spacial score (nSPS) is 13.8. The molecule has 1 aromatic rings. The molecule has 0 fully saturated rings. The Morgan fingerprint density at radius 2 is 2.25 bits per heavy atom. The van der Waals surface area contributed by atoms with Crippen LogP contribution in [-0.2, 0) is 4.79 Å². The molecule has 0 saturated heterocycles. The fraction of sp³-hybridized carbons (Fsp3) is 0.375. The summed E-state index contributed by atoms with van der Waals surface area (Å²) in [6, 6.07) is 0.515. The molecule has 3 nitrogen and oxygen atoms in total. The van der Waals surface area contributed by atoms with Crippen LogP contribution < -0.4 is 11.1 Å². The van der Waals surface area contributed by atoms with Gasteiger partial charge in [0.2, 0.25) is 5.91 Å². The van der Waals surface area contributed by atoms with Crippen molar-refractivity contribution in [2.24, 2.45) is 5.73 Å². The highest BCUT2D eigenvalue weighted by Gasteiger charge is 2.31. The van der Waals surface area contributed by atoms with E-state index in [4.69, 9.17) is 5.73 Å². The zero-order chi connectivity index (χ0) is 12.3. The second-order valence-electron chi connectivity index (χ2n) is 2.96. The SMILES string of the molecule is NC(=O)C(NCC(F)(F)F)c1sccc1Br. The van der Waals surface area contributed by atoms with E-state index < -0.39 is 24.7 Å². The van der Waals surface area contributed by atoms with E-state index in [2.05, 4.69) is 21.2 Å². The van der Waals surface area contributed by atoms with Crippen molar-refractivity contribution in [2.45, 2.75) is 12.2 Å². The van der Waals surface area contributed by atoms with Crippen molar-refractivity contribution >= 4 is 33.2 Å². The monoisotopic (exact) mass is 316 g/mol. The summed E-state index contributed by atoms with van der Waals surface area (Å²) in [5.74, 6) is -0.840. The first-order valence-electron chi connectivity index (χ1n) is 4.13. The highest BCUT2D eigenvalue weighted by atomic mass is 79.9. The summed E-state index contributed by atoms with van der Waals surface area (Å²) in [6.45, 7) is -1.26. The molecule has 0 aliphatic rings. The van der Waals surface area contributed by atoms with Crippen LogP contribution in [0.25, 0.3) is 0 Å². The van der Waals surface area contributed by atoms with Crippen molar-refractivity contribution in [1.29, 1.82) is 0 Å². The van der Waals surface area contributed by atoms with Gasteiger partial charge in [0.15, 0.2) is 0 Å². The van der Waals surface area contributed by atoms with Gasteiger partial charge in [-0.2, -0.15) is 13.2 Å². The van der Waals surface area contributed by atoms with Gasteiger partial charge in [0.25, 0.3) is 0 Å². The van der Waals surface area contributed by atoms with Crippen LogP contribution in [0.4, 0.5) is 13.2 Å². The number of hydrogen-bond acceptors (Lipinski definition) is 3. The minimum absolute atomic E-state index is 0.441. The summed E-state index contributed by atoms with van der Waals surface area (Å²) in [5, 5.41) is 3.74. The number of primary amides is 1. The average molecular weight is 317 g/mol. The molecule has 0 aliphatic heterocycles. The molecule has 3 N–H and O–H groups in total. The first kappa shape index (κ1) is 13.5. The number of thiophene rings is 1. The molecule has 1 rings (SSSR count). The molecule has 0 spiro atoms. The molecule has 1 heterocycles. The van der Waals surface area contributed by atoms with Crippen LogP contribution in [0.2, 0.25) is 0 Å². The maximum absolute atomic E-state index is 12.0. The smallest absolute Gasteiger partial charge is 0.368 e. The molecule has 90 valence electrons. The van der Waals surface area contributed by atoms with E-state index >= 15 is 0 Å². The lowest BCUT2D eigenvalue weighted by Gasteiger charge is -2.15. The Hall–Kier alpha value is -0.600. The molecule has 0 saturated carbocycles. The summed E-state index contributed by atoms with van der Waals surface area (Å²) in [5.41, 5.74) is 5.04. The van der Waals surface area contributed by atoms with Gasteiger partial charge >= 0.3 is 6.18 Å². The van der Waals surface area contributed by atoms with E-state index in [-0.39, 0.29) is 0 Å². The first-order chi connectivity index (χ1) is 7.31. The van der Waals surface area contributed by atoms with Gasteiger partial charge in [-0.3, -0.25) is 10.1 Å². The van der Waals surface area contributed by atoms with Gasteiger partial charge in [-0.15, -0.1) is 11.3 Å². The van der Waals surface area contributed by atoms with Crippen LogP contribution in [0.5, 0.6) is 0 Å². The maximum Gasteiger partial charge on any atom is 0.401 e. The first-order valence-corrected chi connectivity index (χ1v) is 5.81. The van der Waals surface area contributed by atoms with Gasteiger partial charge in [-0.25, -0.2) is 0 Å². The van der Waals surface area contributed by atoms with E-state index in [1.807, 2.05) is 0 Å². The third-order valence-electron chi connectivity index (χ3n) is 1.70. The molecular weight excluding hydrogens is 309 g/mol. The minimum Gasteiger partial charge on any atom is -0.368 e. The largest absolute Gasteiger partial charge is 0.401 e. The lowest BCUT2D eigenvalue weighted by atomic mass is 10.2. The summed E-state index contributed by atoms with van der Waals surface area (Å²) in [4.78, 5) is 11.5. The predicted octanol–water partition coefficient (Wildman–Crippen LogP) is 2.19. The Morgan fingerprint density at radius 3 is 2.62 bits per heavy atom. The number of carbonyl (C=O) groups excluding carboxylic acids is 1. The molecule has 1 amide bonds. The Labute approximate surface area is 102 Å². The van der Waals surface area contributed by atoms with E-state index in [9.17, 15) is 18.0 Å². The van der Waals surface area contributed by atoms with Crippen molar-refractivity contribution < 1.29 is 18.0 Å². The van der Waals surface area contributed by atoms with Gasteiger partial charge in [0.1, 0.15) is 6.04 Å². The van der Waals surface area contributed by atoms with Gasteiger partial charge in [0.05, 0.1) is 6.54 Å². The highest BCUT2D eigenvalue weighted by molar-refractivity contribution is 9.10. The van der Waals surface area contributed by atoms with Crippen LogP contribution in [-0.4, -0.2) is 18.6 Å².